The van der Waals surface area contributed by atoms with E-state index in [1.54, 1.807) is 0 Å². The van der Waals surface area contributed by atoms with Gasteiger partial charge in [-0.2, -0.15) is 0 Å². The molecule has 0 radical (unpaired) electrons. The largest absolute Gasteiger partial charge is 0.352 e. The molecule has 136 valence electrons. The molecule has 0 aliphatic carbocycles. The van der Waals surface area contributed by atoms with Crippen LogP contribution in [0.4, 0.5) is 0 Å². The highest BCUT2D eigenvalue weighted by atomic mass is 16.2. The first-order chi connectivity index (χ1) is 12.0. The summed E-state index contributed by atoms with van der Waals surface area (Å²) >= 11 is 0. The van der Waals surface area contributed by atoms with E-state index >= 15 is 0 Å². The smallest absolute Gasteiger partial charge is 0.225 e. The molecule has 2 amide bonds. The molecule has 1 saturated heterocycles. The molecule has 2 aliphatic heterocycles. The van der Waals surface area contributed by atoms with Gasteiger partial charge in [-0.3, -0.25) is 14.6 Å². The molecule has 3 rings (SSSR count). The molecule has 25 heavy (non-hydrogen) atoms. The number of carbonyl (C=O) groups is 2. The van der Waals surface area contributed by atoms with Crippen LogP contribution in [0.5, 0.6) is 0 Å². The van der Waals surface area contributed by atoms with E-state index in [-0.39, 0.29) is 17.7 Å². The molecule has 1 fully saturated rings. The first-order valence-electron chi connectivity index (χ1n) is 9.18. The van der Waals surface area contributed by atoms with Gasteiger partial charge in [0.2, 0.25) is 11.8 Å². The van der Waals surface area contributed by atoms with Crippen molar-refractivity contribution in [3.8, 4) is 0 Å². The normalized spacial score (nSPS) is 20.1. The molecule has 0 aromatic carbocycles. The van der Waals surface area contributed by atoms with Crippen molar-refractivity contribution in [3.63, 3.8) is 0 Å². The Kier molecular flexibility index (Phi) is 5.37. The van der Waals surface area contributed by atoms with Crippen molar-refractivity contribution in [1.82, 2.24) is 20.5 Å². The van der Waals surface area contributed by atoms with E-state index in [1.165, 1.54) is 11.1 Å². The van der Waals surface area contributed by atoms with Crippen LogP contribution in [0.1, 0.15) is 42.7 Å². The van der Waals surface area contributed by atoms with E-state index in [9.17, 15) is 9.59 Å². The van der Waals surface area contributed by atoms with Gasteiger partial charge in [-0.15, -0.1) is 0 Å². The van der Waals surface area contributed by atoms with Crippen LogP contribution in [-0.4, -0.2) is 41.3 Å². The van der Waals surface area contributed by atoms with Gasteiger partial charge < -0.3 is 15.5 Å². The maximum atomic E-state index is 12.6. The summed E-state index contributed by atoms with van der Waals surface area (Å²) in [4.78, 5) is 30.9. The second-order valence-corrected chi connectivity index (χ2v) is 7.56. The molecule has 1 aromatic heterocycles. The molecule has 6 heteroatoms. The topological polar surface area (TPSA) is 74.3 Å². The fourth-order valence-corrected chi connectivity index (χ4v) is 3.76. The molecule has 3 heterocycles. The average molecular weight is 344 g/mol. The minimum Gasteiger partial charge on any atom is -0.352 e. The zero-order valence-electron chi connectivity index (χ0n) is 15.4. The number of nitrogens with one attached hydrogen (secondary N) is 2. The van der Waals surface area contributed by atoms with Gasteiger partial charge in [0.1, 0.15) is 0 Å². The van der Waals surface area contributed by atoms with Crippen molar-refractivity contribution in [1.29, 1.82) is 0 Å². The maximum Gasteiger partial charge on any atom is 0.225 e. The Morgan fingerprint density at radius 2 is 2.28 bits per heavy atom. The Hall–Kier alpha value is -1.95. The predicted molar refractivity (Wildman–Crippen MR) is 95.8 cm³/mol. The van der Waals surface area contributed by atoms with Gasteiger partial charge in [0.05, 0.1) is 5.92 Å². The van der Waals surface area contributed by atoms with Crippen LogP contribution in [0.2, 0.25) is 0 Å². The number of hydrogen-bond donors (Lipinski definition) is 2. The van der Waals surface area contributed by atoms with Crippen LogP contribution in [0.25, 0.3) is 0 Å². The maximum absolute atomic E-state index is 12.6. The SMILES string of the molecule is Cc1ncc2c(c1CNC(=O)C1CC(=O)N(CC(C)C)C1)CCNC2. The highest BCUT2D eigenvalue weighted by molar-refractivity contribution is 5.89. The van der Waals surface area contributed by atoms with E-state index in [4.69, 9.17) is 0 Å². The Bertz CT molecular complexity index is 672. The lowest BCUT2D eigenvalue weighted by Crippen LogP contribution is -2.34. The van der Waals surface area contributed by atoms with Crippen LogP contribution in [0.15, 0.2) is 6.20 Å². The third-order valence-corrected chi connectivity index (χ3v) is 5.08. The fourth-order valence-electron chi connectivity index (χ4n) is 3.76. The van der Waals surface area contributed by atoms with Gasteiger partial charge >= 0.3 is 0 Å². The monoisotopic (exact) mass is 344 g/mol. The summed E-state index contributed by atoms with van der Waals surface area (Å²) in [6.45, 7) is 9.72. The van der Waals surface area contributed by atoms with Crippen LogP contribution in [-0.2, 0) is 29.1 Å². The lowest BCUT2D eigenvalue weighted by Gasteiger charge is -2.22. The molecule has 2 N–H and O–H groups in total. The quantitative estimate of drug-likeness (QED) is 0.840. The van der Waals surface area contributed by atoms with Gasteiger partial charge in [0.15, 0.2) is 0 Å². The number of fused-ring (bicyclic) bond motifs is 1. The van der Waals surface area contributed by atoms with E-state index in [1.807, 2.05) is 18.0 Å². The van der Waals surface area contributed by atoms with Gasteiger partial charge in [-0.1, -0.05) is 13.8 Å². The second-order valence-electron chi connectivity index (χ2n) is 7.56. The van der Waals surface area contributed by atoms with Crippen LogP contribution < -0.4 is 10.6 Å². The van der Waals surface area contributed by atoms with E-state index in [0.717, 1.165) is 37.3 Å². The van der Waals surface area contributed by atoms with Crippen LogP contribution >= 0.6 is 0 Å². The second kappa shape index (κ2) is 7.52. The van der Waals surface area contributed by atoms with Crippen molar-refractivity contribution in [2.45, 2.75) is 46.7 Å². The Morgan fingerprint density at radius 1 is 1.48 bits per heavy atom. The average Bonchev–Trinajstić information content (AvgIpc) is 2.94. The summed E-state index contributed by atoms with van der Waals surface area (Å²) < 4.78 is 0. The zero-order valence-corrected chi connectivity index (χ0v) is 15.4. The number of pyridine rings is 1. The minimum atomic E-state index is -0.235. The van der Waals surface area contributed by atoms with Crippen LogP contribution in [0.3, 0.4) is 0 Å². The molecule has 6 nitrogen and oxygen atoms in total. The number of hydrogen-bond acceptors (Lipinski definition) is 4. The molecule has 0 bridgehead atoms. The number of aromatic nitrogens is 1. The first kappa shape index (κ1) is 17.9. The number of carbonyl (C=O) groups excluding carboxylic acids is 2. The third-order valence-electron chi connectivity index (χ3n) is 5.08. The van der Waals surface area contributed by atoms with Crippen molar-refractivity contribution in [2.75, 3.05) is 19.6 Å². The van der Waals surface area contributed by atoms with E-state index in [2.05, 4.69) is 29.5 Å². The van der Waals surface area contributed by atoms with Crippen molar-refractivity contribution in [2.24, 2.45) is 11.8 Å². The first-order valence-corrected chi connectivity index (χ1v) is 9.18. The Labute approximate surface area is 149 Å². The van der Waals surface area contributed by atoms with E-state index in [0.29, 0.717) is 25.4 Å². The lowest BCUT2D eigenvalue weighted by atomic mass is 9.96. The number of nitrogens with zero attached hydrogens (tertiary/aromatic N) is 2. The number of likely N-dealkylation sites (tertiary alicyclic amines) is 1. The summed E-state index contributed by atoms with van der Waals surface area (Å²) in [7, 11) is 0. The molecule has 1 atom stereocenters. The Balaban J connectivity index is 1.63. The zero-order chi connectivity index (χ0) is 18.0. The summed E-state index contributed by atoms with van der Waals surface area (Å²) in [5, 5.41) is 6.40. The van der Waals surface area contributed by atoms with Gasteiger partial charge in [-0.25, -0.2) is 0 Å². The van der Waals surface area contributed by atoms with Crippen molar-refractivity contribution < 1.29 is 9.59 Å². The lowest BCUT2D eigenvalue weighted by molar-refractivity contribution is -0.129. The molecular weight excluding hydrogens is 316 g/mol. The molecular formula is C19H28N4O2. The summed E-state index contributed by atoms with van der Waals surface area (Å²) in [5.74, 6) is 0.255. The minimum absolute atomic E-state index is 0.0226. The summed E-state index contributed by atoms with van der Waals surface area (Å²) in [6, 6.07) is 0. The summed E-state index contributed by atoms with van der Waals surface area (Å²) in [6.07, 6.45) is 3.22. The van der Waals surface area contributed by atoms with Gasteiger partial charge in [-0.05, 0) is 42.5 Å². The highest BCUT2D eigenvalue weighted by Crippen LogP contribution is 2.22. The van der Waals surface area contributed by atoms with Gasteiger partial charge in [0.25, 0.3) is 0 Å². The van der Waals surface area contributed by atoms with Gasteiger partial charge in [0, 0.05) is 44.5 Å². The Morgan fingerprint density at radius 3 is 3.04 bits per heavy atom. The molecule has 2 aliphatic rings. The summed E-state index contributed by atoms with van der Waals surface area (Å²) in [5.41, 5.74) is 4.65. The molecule has 1 aromatic rings. The number of rotatable bonds is 5. The standard InChI is InChI=1S/C19H28N4O2/c1-12(2)10-23-11-14(6-18(23)24)19(25)22-9-17-13(3)21-8-15-7-20-5-4-16(15)17/h8,12,14,20H,4-7,9-11H2,1-3H3,(H,22,25). The third kappa shape index (κ3) is 4.00. The predicted octanol–water partition coefficient (Wildman–Crippen LogP) is 1.16. The highest BCUT2D eigenvalue weighted by Gasteiger charge is 2.34. The van der Waals surface area contributed by atoms with Crippen LogP contribution in [0, 0.1) is 18.8 Å². The van der Waals surface area contributed by atoms with Crippen molar-refractivity contribution in [3.05, 3.63) is 28.6 Å². The number of aryl methyl sites for hydroxylation is 1. The number of amides is 2. The molecule has 1 unspecified atom stereocenters. The van der Waals surface area contributed by atoms with E-state index < -0.39 is 0 Å². The van der Waals surface area contributed by atoms with Crippen molar-refractivity contribution >= 4 is 11.8 Å². The fraction of sp³-hybridized carbons (Fsp3) is 0.632. The molecule has 0 saturated carbocycles. The molecule has 0 spiro atoms.